The van der Waals surface area contributed by atoms with Crippen LogP contribution in [0.3, 0.4) is 0 Å². The summed E-state index contributed by atoms with van der Waals surface area (Å²) in [5.74, 6) is 2.03. The maximum absolute atomic E-state index is 5.42. The number of hydrogen-bond donors (Lipinski definition) is 1. The summed E-state index contributed by atoms with van der Waals surface area (Å²) in [5, 5.41) is 6.80. The summed E-state index contributed by atoms with van der Waals surface area (Å²) < 4.78 is 10.8. The van der Waals surface area contributed by atoms with Gasteiger partial charge in [-0.1, -0.05) is 0 Å². The van der Waals surface area contributed by atoms with Crippen LogP contribution in [0.4, 0.5) is 11.9 Å². The van der Waals surface area contributed by atoms with E-state index in [1.54, 1.807) is 12.4 Å². The molecule has 0 amide bonds. The smallest absolute Gasteiger partial charge is 0.230 e. The van der Waals surface area contributed by atoms with E-state index in [0.29, 0.717) is 44.1 Å². The van der Waals surface area contributed by atoms with Gasteiger partial charge in [-0.05, 0) is 0 Å². The highest BCUT2D eigenvalue weighted by Gasteiger charge is 2.21. The summed E-state index contributed by atoms with van der Waals surface area (Å²) in [5.41, 5.74) is 0.858. The minimum atomic E-state index is 0.636. The van der Waals surface area contributed by atoms with Crippen molar-refractivity contribution in [3.8, 4) is 11.4 Å². The minimum Gasteiger partial charge on any atom is -0.378 e. The van der Waals surface area contributed by atoms with Crippen LogP contribution in [0.2, 0.25) is 0 Å². The number of nitrogens with zero attached hydrogens (tertiary/aromatic N) is 6. The fraction of sp³-hybridized carbons (Fsp3) is 0.571. The van der Waals surface area contributed by atoms with Crippen LogP contribution in [0.15, 0.2) is 12.4 Å². The molecule has 2 fully saturated rings. The predicted octanol–water partition coefficient (Wildman–Crippen LogP) is -0.0651. The molecule has 1 N–H and O–H groups in total. The van der Waals surface area contributed by atoms with E-state index in [-0.39, 0.29) is 0 Å². The molecule has 0 aliphatic carbocycles. The van der Waals surface area contributed by atoms with Gasteiger partial charge in [0, 0.05) is 32.4 Å². The molecule has 4 rings (SSSR count). The number of aromatic nitrogens is 5. The van der Waals surface area contributed by atoms with Crippen molar-refractivity contribution in [3.63, 3.8) is 0 Å². The number of nitrogens with one attached hydrogen (secondary N) is 1. The molecule has 9 nitrogen and oxygen atoms in total. The summed E-state index contributed by atoms with van der Waals surface area (Å²) in [6, 6.07) is 0. The van der Waals surface area contributed by atoms with Crippen LogP contribution in [-0.4, -0.2) is 77.8 Å². The number of morpholine rings is 2. The molecular formula is C14H19N7O2. The largest absolute Gasteiger partial charge is 0.378 e. The van der Waals surface area contributed by atoms with Crippen molar-refractivity contribution in [2.75, 3.05) is 62.4 Å². The quantitative estimate of drug-likeness (QED) is 0.841. The van der Waals surface area contributed by atoms with Crippen molar-refractivity contribution in [3.05, 3.63) is 12.4 Å². The highest BCUT2D eigenvalue weighted by molar-refractivity contribution is 5.56. The average Bonchev–Trinajstić information content (AvgIpc) is 3.18. The number of ether oxygens (including phenoxy) is 2. The van der Waals surface area contributed by atoms with Crippen LogP contribution in [0.1, 0.15) is 0 Å². The molecule has 0 bridgehead atoms. The van der Waals surface area contributed by atoms with Crippen LogP contribution >= 0.6 is 0 Å². The zero-order valence-corrected chi connectivity index (χ0v) is 12.8. The average molecular weight is 317 g/mol. The topological polar surface area (TPSA) is 92.3 Å². The first-order valence-corrected chi connectivity index (χ1v) is 7.81. The van der Waals surface area contributed by atoms with Gasteiger partial charge in [-0.3, -0.25) is 5.10 Å². The Bertz CT molecular complexity index is 600. The first-order chi connectivity index (χ1) is 11.4. The maximum atomic E-state index is 5.42. The van der Waals surface area contributed by atoms with Crippen LogP contribution in [0.5, 0.6) is 0 Å². The molecule has 2 aliphatic rings. The molecule has 0 unspecified atom stereocenters. The van der Waals surface area contributed by atoms with Gasteiger partial charge in [-0.25, -0.2) is 0 Å². The fourth-order valence-corrected chi connectivity index (χ4v) is 2.67. The van der Waals surface area contributed by atoms with Gasteiger partial charge in [0.05, 0.1) is 38.2 Å². The van der Waals surface area contributed by atoms with E-state index in [0.717, 1.165) is 31.7 Å². The Labute approximate surface area is 133 Å². The van der Waals surface area contributed by atoms with E-state index in [9.17, 15) is 0 Å². The monoisotopic (exact) mass is 317 g/mol. The molecular weight excluding hydrogens is 298 g/mol. The van der Waals surface area contributed by atoms with Gasteiger partial charge in [-0.15, -0.1) is 0 Å². The first-order valence-electron chi connectivity index (χ1n) is 7.81. The molecule has 0 radical (unpaired) electrons. The summed E-state index contributed by atoms with van der Waals surface area (Å²) in [6.45, 7) is 5.93. The SMILES string of the molecule is c1n[nH]cc1-c1nc(N2CCOCC2)nc(N2CCOCC2)n1. The predicted molar refractivity (Wildman–Crippen MR) is 83.5 cm³/mol. The Kier molecular flexibility index (Phi) is 4.03. The number of hydrogen-bond acceptors (Lipinski definition) is 8. The minimum absolute atomic E-state index is 0.636. The normalized spacial score (nSPS) is 19.1. The number of H-pyrrole nitrogens is 1. The van der Waals surface area contributed by atoms with Crippen molar-refractivity contribution in [2.45, 2.75) is 0 Å². The zero-order valence-electron chi connectivity index (χ0n) is 12.8. The Morgan fingerprint density at radius 3 is 1.87 bits per heavy atom. The highest BCUT2D eigenvalue weighted by atomic mass is 16.5. The Morgan fingerprint density at radius 1 is 0.826 bits per heavy atom. The Morgan fingerprint density at radius 2 is 1.39 bits per heavy atom. The number of rotatable bonds is 3. The van der Waals surface area contributed by atoms with Crippen molar-refractivity contribution in [1.82, 2.24) is 25.1 Å². The lowest BCUT2D eigenvalue weighted by atomic mass is 10.3. The first kappa shape index (κ1) is 14.3. The molecule has 23 heavy (non-hydrogen) atoms. The number of aromatic amines is 1. The van der Waals surface area contributed by atoms with E-state index in [2.05, 4.69) is 34.9 Å². The molecule has 0 atom stereocenters. The summed E-state index contributed by atoms with van der Waals surface area (Å²) >= 11 is 0. The van der Waals surface area contributed by atoms with Crippen LogP contribution < -0.4 is 9.80 Å². The second-order valence-electron chi connectivity index (χ2n) is 5.44. The third-order valence-corrected chi connectivity index (χ3v) is 3.96. The zero-order chi connectivity index (χ0) is 15.5. The van der Waals surface area contributed by atoms with Gasteiger partial charge in [0.2, 0.25) is 11.9 Å². The van der Waals surface area contributed by atoms with E-state index in [1.165, 1.54) is 0 Å². The molecule has 0 spiro atoms. The van der Waals surface area contributed by atoms with Gasteiger partial charge in [0.15, 0.2) is 5.82 Å². The second-order valence-corrected chi connectivity index (χ2v) is 5.44. The third kappa shape index (κ3) is 3.10. The van der Waals surface area contributed by atoms with Gasteiger partial charge < -0.3 is 19.3 Å². The van der Waals surface area contributed by atoms with E-state index < -0.39 is 0 Å². The van der Waals surface area contributed by atoms with Gasteiger partial charge in [0.25, 0.3) is 0 Å². The van der Waals surface area contributed by atoms with Gasteiger partial charge >= 0.3 is 0 Å². The van der Waals surface area contributed by atoms with Crippen molar-refractivity contribution in [1.29, 1.82) is 0 Å². The summed E-state index contributed by atoms with van der Waals surface area (Å²) in [4.78, 5) is 18.2. The molecule has 2 aromatic heterocycles. The lowest BCUT2D eigenvalue weighted by Gasteiger charge is -2.30. The van der Waals surface area contributed by atoms with Crippen molar-refractivity contribution in [2.24, 2.45) is 0 Å². The molecule has 0 aromatic carbocycles. The molecule has 2 aliphatic heterocycles. The standard InChI is InChI=1S/C14H19N7O2/c1-5-22-6-2-20(1)13-17-12(11-9-15-16-10-11)18-14(19-13)21-3-7-23-8-4-21/h9-10H,1-8H2,(H,15,16). The molecule has 2 aromatic rings. The van der Waals surface area contributed by atoms with Crippen molar-refractivity contribution < 1.29 is 9.47 Å². The Hall–Kier alpha value is -2.26. The highest BCUT2D eigenvalue weighted by Crippen LogP contribution is 2.21. The molecule has 4 heterocycles. The van der Waals surface area contributed by atoms with E-state index >= 15 is 0 Å². The van der Waals surface area contributed by atoms with Crippen LogP contribution in [0, 0.1) is 0 Å². The third-order valence-electron chi connectivity index (χ3n) is 3.96. The summed E-state index contributed by atoms with van der Waals surface area (Å²) in [6.07, 6.45) is 3.52. The molecule has 122 valence electrons. The maximum Gasteiger partial charge on any atom is 0.230 e. The van der Waals surface area contributed by atoms with Gasteiger partial charge in [-0.2, -0.15) is 20.1 Å². The van der Waals surface area contributed by atoms with Crippen LogP contribution in [-0.2, 0) is 9.47 Å². The summed E-state index contributed by atoms with van der Waals surface area (Å²) in [7, 11) is 0. The second kappa shape index (κ2) is 6.47. The lowest BCUT2D eigenvalue weighted by Crippen LogP contribution is -2.40. The van der Waals surface area contributed by atoms with Crippen LogP contribution in [0.25, 0.3) is 11.4 Å². The number of anilines is 2. The molecule has 0 saturated carbocycles. The molecule has 9 heteroatoms. The van der Waals surface area contributed by atoms with E-state index in [1.807, 2.05) is 0 Å². The van der Waals surface area contributed by atoms with E-state index in [4.69, 9.17) is 9.47 Å². The van der Waals surface area contributed by atoms with Gasteiger partial charge in [0.1, 0.15) is 0 Å². The lowest BCUT2D eigenvalue weighted by molar-refractivity contribution is 0.121. The van der Waals surface area contributed by atoms with Crippen molar-refractivity contribution >= 4 is 11.9 Å². The molecule has 2 saturated heterocycles. The Balaban J connectivity index is 1.70. The fourth-order valence-electron chi connectivity index (χ4n) is 2.67.